The third-order valence-electron chi connectivity index (χ3n) is 3.58. The number of carbonyl (C=O) groups is 1. The molecule has 1 unspecified atom stereocenters. The molecule has 1 atom stereocenters. The number of aromatic nitrogens is 2. The number of carbonyl (C=O) groups excluding carboxylic acids is 1. The van der Waals surface area contributed by atoms with Crippen LogP contribution in [0.4, 0.5) is 14.5 Å². The summed E-state index contributed by atoms with van der Waals surface area (Å²) in [6.07, 6.45) is 1.47. The SMILES string of the molecule is O=C(CC(O)c1cccc(F)c1)Nc1cnn(-c2ccccc2F)c1. The first-order valence-corrected chi connectivity index (χ1v) is 7.56. The summed E-state index contributed by atoms with van der Waals surface area (Å²) >= 11 is 0. The molecule has 3 aromatic rings. The predicted molar refractivity (Wildman–Crippen MR) is 88.1 cm³/mol. The molecule has 128 valence electrons. The number of hydrogen-bond donors (Lipinski definition) is 2. The van der Waals surface area contributed by atoms with E-state index in [1.54, 1.807) is 18.2 Å². The van der Waals surface area contributed by atoms with Gasteiger partial charge in [0.15, 0.2) is 0 Å². The molecule has 1 amide bonds. The van der Waals surface area contributed by atoms with Crippen LogP contribution in [0.1, 0.15) is 18.1 Å². The van der Waals surface area contributed by atoms with Crippen LogP contribution in [0.5, 0.6) is 0 Å². The molecule has 0 saturated carbocycles. The van der Waals surface area contributed by atoms with Crippen LogP contribution in [0, 0.1) is 11.6 Å². The van der Waals surface area contributed by atoms with Crippen LogP contribution in [0.2, 0.25) is 0 Å². The average molecular weight is 343 g/mol. The monoisotopic (exact) mass is 343 g/mol. The van der Waals surface area contributed by atoms with Crippen molar-refractivity contribution in [1.29, 1.82) is 0 Å². The van der Waals surface area contributed by atoms with E-state index in [9.17, 15) is 18.7 Å². The molecule has 1 heterocycles. The van der Waals surface area contributed by atoms with E-state index in [2.05, 4.69) is 10.4 Å². The molecule has 5 nitrogen and oxygen atoms in total. The summed E-state index contributed by atoms with van der Waals surface area (Å²) in [5, 5.41) is 16.6. The fraction of sp³-hybridized carbons (Fsp3) is 0.111. The van der Waals surface area contributed by atoms with Gasteiger partial charge in [0.1, 0.15) is 17.3 Å². The highest BCUT2D eigenvalue weighted by Gasteiger charge is 2.15. The molecule has 0 aliphatic carbocycles. The fourth-order valence-electron chi connectivity index (χ4n) is 2.38. The van der Waals surface area contributed by atoms with Crippen LogP contribution in [0.3, 0.4) is 0 Å². The smallest absolute Gasteiger partial charge is 0.227 e. The maximum atomic E-state index is 13.7. The zero-order valence-corrected chi connectivity index (χ0v) is 13.1. The van der Waals surface area contributed by atoms with Gasteiger partial charge in [0, 0.05) is 0 Å². The molecule has 0 aliphatic rings. The molecule has 3 rings (SSSR count). The Kier molecular flexibility index (Phi) is 4.85. The minimum Gasteiger partial charge on any atom is -0.388 e. The number of nitrogens with one attached hydrogen (secondary N) is 1. The van der Waals surface area contributed by atoms with Crippen molar-refractivity contribution in [2.75, 3.05) is 5.32 Å². The molecule has 25 heavy (non-hydrogen) atoms. The fourth-order valence-corrected chi connectivity index (χ4v) is 2.38. The lowest BCUT2D eigenvalue weighted by atomic mass is 10.1. The number of benzene rings is 2. The van der Waals surface area contributed by atoms with Crippen LogP contribution < -0.4 is 5.32 Å². The number of hydrogen-bond acceptors (Lipinski definition) is 3. The predicted octanol–water partition coefficient (Wildman–Crippen LogP) is 3.21. The van der Waals surface area contributed by atoms with Crippen molar-refractivity contribution in [3.8, 4) is 5.69 Å². The summed E-state index contributed by atoms with van der Waals surface area (Å²) < 4.78 is 28.2. The summed E-state index contributed by atoms with van der Waals surface area (Å²) in [5.74, 6) is -1.39. The molecule has 0 bridgehead atoms. The van der Waals surface area contributed by atoms with Crippen molar-refractivity contribution >= 4 is 11.6 Å². The number of aliphatic hydroxyl groups is 1. The van der Waals surface area contributed by atoms with Crippen molar-refractivity contribution in [2.24, 2.45) is 0 Å². The minimum atomic E-state index is -1.13. The number of aliphatic hydroxyl groups excluding tert-OH is 1. The molecule has 0 aliphatic heterocycles. The molecule has 7 heteroatoms. The van der Waals surface area contributed by atoms with E-state index in [1.165, 1.54) is 47.4 Å². The van der Waals surface area contributed by atoms with Gasteiger partial charge in [-0.2, -0.15) is 5.10 Å². The zero-order valence-electron chi connectivity index (χ0n) is 13.1. The summed E-state index contributed by atoms with van der Waals surface area (Å²) in [6.45, 7) is 0. The van der Waals surface area contributed by atoms with Crippen molar-refractivity contribution in [1.82, 2.24) is 9.78 Å². The van der Waals surface area contributed by atoms with Gasteiger partial charge in [-0.05, 0) is 29.8 Å². The van der Waals surface area contributed by atoms with E-state index >= 15 is 0 Å². The van der Waals surface area contributed by atoms with Gasteiger partial charge in [-0.3, -0.25) is 4.79 Å². The molecule has 0 saturated heterocycles. The number of amides is 1. The third-order valence-corrected chi connectivity index (χ3v) is 3.58. The highest BCUT2D eigenvalue weighted by molar-refractivity contribution is 5.90. The molecule has 1 aromatic heterocycles. The van der Waals surface area contributed by atoms with Crippen molar-refractivity contribution in [2.45, 2.75) is 12.5 Å². The van der Waals surface area contributed by atoms with E-state index in [1.807, 2.05) is 0 Å². The van der Waals surface area contributed by atoms with Crippen molar-refractivity contribution < 1.29 is 18.7 Å². The molecule has 0 spiro atoms. The first-order valence-electron chi connectivity index (χ1n) is 7.56. The normalized spacial score (nSPS) is 12.0. The minimum absolute atomic E-state index is 0.242. The van der Waals surface area contributed by atoms with Crippen LogP contribution in [0.15, 0.2) is 60.9 Å². The average Bonchev–Trinajstić information content (AvgIpc) is 3.03. The maximum Gasteiger partial charge on any atom is 0.227 e. The van der Waals surface area contributed by atoms with E-state index in [4.69, 9.17) is 0 Å². The lowest BCUT2D eigenvalue weighted by molar-refractivity contribution is -0.118. The Morgan fingerprint density at radius 3 is 2.76 bits per heavy atom. The second-order valence-electron chi connectivity index (χ2n) is 5.45. The van der Waals surface area contributed by atoms with Crippen molar-refractivity contribution in [3.05, 3.63) is 78.1 Å². The van der Waals surface area contributed by atoms with Crippen LogP contribution >= 0.6 is 0 Å². The molecule has 2 aromatic carbocycles. The van der Waals surface area contributed by atoms with Gasteiger partial charge in [-0.25, -0.2) is 13.5 Å². The second-order valence-corrected chi connectivity index (χ2v) is 5.45. The van der Waals surface area contributed by atoms with Gasteiger partial charge >= 0.3 is 0 Å². The maximum absolute atomic E-state index is 13.7. The number of nitrogens with zero attached hydrogens (tertiary/aromatic N) is 2. The highest BCUT2D eigenvalue weighted by atomic mass is 19.1. The number of para-hydroxylation sites is 1. The summed E-state index contributed by atoms with van der Waals surface area (Å²) in [7, 11) is 0. The van der Waals surface area contributed by atoms with Gasteiger partial charge in [-0.1, -0.05) is 24.3 Å². The first kappa shape index (κ1) is 16.8. The van der Waals surface area contributed by atoms with E-state index < -0.39 is 23.6 Å². The number of rotatable bonds is 5. The Morgan fingerprint density at radius 2 is 2.00 bits per heavy atom. The van der Waals surface area contributed by atoms with E-state index in [-0.39, 0.29) is 12.1 Å². The van der Waals surface area contributed by atoms with Gasteiger partial charge in [0.05, 0.1) is 30.6 Å². The Hall–Kier alpha value is -3.06. The lowest BCUT2D eigenvalue weighted by Crippen LogP contribution is -2.15. The molecular formula is C18H15F2N3O2. The summed E-state index contributed by atoms with van der Waals surface area (Å²) in [4.78, 5) is 12.0. The first-order chi connectivity index (χ1) is 12.0. The quantitative estimate of drug-likeness (QED) is 0.747. The standard InChI is InChI=1S/C18H15F2N3O2/c19-13-5-3-4-12(8-13)17(24)9-18(25)22-14-10-21-23(11-14)16-7-2-1-6-15(16)20/h1-8,10-11,17,24H,9H2,(H,22,25). The molecule has 2 N–H and O–H groups in total. The van der Waals surface area contributed by atoms with Crippen molar-refractivity contribution in [3.63, 3.8) is 0 Å². The lowest BCUT2D eigenvalue weighted by Gasteiger charge is -2.10. The van der Waals surface area contributed by atoms with Gasteiger partial charge in [-0.15, -0.1) is 0 Å². The van der Waals surface area contributed by atoms with Crippen LogP contribution in [-0.2, 0) is 4.79 Å². The van der Waals surface area contributed by atoms with Gasteiger partial charge in [0.2, 0.25) is 5.91 Å². The zero-order chi connectivity index (χ0) is 17.8. The summed E-state index contributed by atoms with van der Waals surface area (Å²) in [5.41, 5.74) is 0.930. The van der Waals surface area contributed by atoms with E-state index in [0.717, 1.165) is 0 Å². The number of halogens is 2. The molecular weight excluding hydrogens is 328 g/mol. The number of anilines is 1. The topological polar surface area (TPSA) is 67.2 Å². The second kappa shape index (κ2) is 7.23. The Balaban J connectivity index is 1.65. The third kappa shape index (κ3) is 4.07. The largest absolute Gasteiger partial charge is 0.388 e. The van der Waals surface area contributed by atoms with E-state index in [0.29, 0.717) is 11.3 Å². The Labute approximate surface area is 142 Å². The Morgan fingerprint density at radius 1 is 1.20 bits per heavy atom. The Bertz CT molecular complexity index is 895. The molecule has 0 radical (unpaired) electrons. The van der Waals surface area contributed by atoms with Gasteiger partial charge in [0.25, 0.3) is 0 Å². The summed E-state index contributed by atoms with van der Waals surface area (Å²) in [6, 6.07) is 11.5. The van der Waals surface area contributed by atoms with Crippen LogP contribution in [0.25, 0.3) is 5.69 Å². The van der Waals surface area contributed by atoms with Gasteiger partial charge < -0.3 is 10.4 Å². The molecule has 0 fully saturated rings. The van der Waals surface area contributed by atoms with Crippen LogP contribution in [-0.4, -0.2) is 20.8 Å². The highest BCUT2D eigenvalue weighted by Crippen LogP contribution is 2.19.